The third kappa shape index (κ3) is 4.78. The third-order valence-electron chi connectivity index (χ3n) is 6.79. The second-order valence-electron chi connectivity index (χ2n) is 8.88. The molecule has 0 spiro atoms. The van der Waals surface area contributed by atoms with Crippen molar-refractivity contribution in [1.29, 1.82) is 0 Å². The average molecular weight is 396 g/mol. The van der Waals surface area contributed by atoms with Crippen LogP contribution in [-0.2, 0) is 4.57 Å². The highest BCUT2D eigenvalue weighted by atomic mass is 31.2. The number of hydrogen-bond donors (Lipinski definition) is 1. The summed E-state index contributed by atoms with van der Waals surface area (Å²) in [7, 11) is -2.84. The van der Waals surface area contributed by atoms with Crippen molar-refractivity contribution in [1.82, 2.24) is 5.09 Å². The van der Waals surface area contributed by atoms with Crippen LogP contribution in [-0.4, -0.2) is 6.04 Å². The van der Waals surface area contributed by atoms with Gasteiger partial charge in [-0.15, -0.1) is 0 Å². The molecule has 0 atom stereocenters. The van der Waals surface area contributed by atoms with Gasteiger partial charge in [-0.05, 0) is 48.9 Å². The van der Waals surface area contributed by atoms with Crippen LogP contribution in [0, 0.1) is 11.8 Å². The summed E-state index contributed by atoms with van der Waals surface area (Å²) in [6.07, 6.45) is 13.2. The van der Waals surface area contributed by atoms with Crippen molar-refractivity contribution in [3.8, 4) is 0 Å². The molecule has 2 aliphatic carbocycles. The van der Waals surface area contributed by atoms with Crippen molar-refractivity contribution in [2.45, 2.75) is 70.3 Å². The molecule has 0 bridgehead atoms. The molecule has 4 rings (SSSR count). The Morgan fingerprint density at radius 1 is 0.714 bits per heavy atom. The fraction of sp³-hybridized carbons (Fsp3) is 0.520. The molecule has 0 saturated heterocycles. The molecule has 2 aromatic carbocycles. The summed E-state index contributed by atoms with van der Waals surface area (Å²) in [5.74, 6) is 1.61. The van der Waals surface area contributed by atoms with Crippen LogP contribution in [0.1, 0.15) is 64.2 Å². The smallest absolute Gasteiger partial charge is 0.204 e. The van der Waals surface area contributed by atoms with Crippen LogP contribution >= 0.6 is 7.29 Å². The Morgan fingerprint density at radius 3 is 1.50 bits per heavy atom. The largest absolute Gasteiger partial charge is 0.297 e. The van der Waals surface area contributed by atoms with Crippen molar-refractivity contribution >= 4 is 17.9 Å². The summed E-state index contributed by atoms with van der Waals surface area (Å²) in [5, 5.41) is 5.64. The van der Waals surface area contributed by atoms with Gasteiger partial charge < -0.3 is 0 Å². The molecule has 2 aromatic rings. The van der Waals surface area contributed by atoms with Gasteiger partial charge in [-0.2, -0.15) is 0 Å². The molecule has 2 aliphatic rings. The summed E-state index contributed by atoms with van der Waals surface area (Å²) in [5.41, 5.74) is 0. The molecule has 150 valence electrons. The van der Waals surface area contributed by atoms with Gasteiger partial charge in [-0.3, -0.25) is 9.65 Å². The maximum atomic E-state index is 14.5. The van der Waals surface area contributed by atoms with Gasteiger partial charge in [0.05, 0.1) is 0 Å². The van der Waals surface area contributed by atoms with Crippen LogP contribution in [0.2, 0.25) is 0 Å². The highest BCUT2D eigenvalue weighted by Gasteiger charge is 2.33. The van der Waals surface area contributed by atoms with E-state index >= 15 is 0 Å². The Kier molecular flexibility index (Phi) is 6.70. The van der Waals surface area contributed by atoms with Crippen molar-refractivity contribution < 1.29 is 4.57 Å². The first-order valence-corrected chi connectivity index (χ1v) is 12.9. The second kappa shape index (κ2) is 9.42. The van der Waals surface area contributed by atoms with Gasteiger partial charge in [0.1, 0.15) is 0 Å². The number of rotatable bonds is 8. The van der Waals surface area contributed by atoms with Gasteiger partial charge in [0.15, 0.2) is 0 Å². The first kappa shape index (κ1) is 19.9. The zero-order chi connectivity index (χ0) is 19.2. The van der Waals surface area contributed by atoms with Crippen molar-refractivity contribution in [3.63, 3.8) is 0 Å². The predicted octanol–water partition coefficient (Wildman–Crippen LogP) is 6.03. The summed E-state index contributed by atoms with van der Waals surface area (Å²) in [6.45, 7) is 0. The molecule has 2 nitrogen and oxygen atoms in total. The van der Waals surface area contributed by atoms with Crippen molar-refractivity contribution in [3.05, 3.63) is 60.7 Å². The van der Waals surface area contributed by atoms with Gasteiger partial charge in [0.25, 0.3) is 0 Å². The Labute approximate surface area is 170 Å². The molecule has 3 heteroatoms. The molecule has 1 N–H and O–H groups in total. The van der Waals surface area contributed by atoms with E-state index < -0.39 is 7.29 Å². The van der Waals surface area contributed by atoms with E-state index in [0.29, 0.717) is 6.04 Å². The van der Waals surface area contributed by atoms with Crippen LogP contribution in [0.4, 0.5) is 0 Å². The molecular formula is C25H34NOP. The lowest BCUT2D eigenvalue weighted by Crippen LogP contribution is -2.37. The summed E-state index contributed by atoms with van der Waals surface area (Å²) >= 11 is 0. The molecule has 2 fully saturated rings. The minimum absolute atomic E-state index is 0.345. The van der Waals surface area contributed by atoms with E-state index in [-0.39, 0.29) is 0 Å². The monoisotopic (exact) mass is 395 g/mol. The molecule has 28 heavy (non-hydrogen) atoms. The van der Waals surface area contributed by atoms with Crippen LogP contribution in [0.3, 0.4) is 0 Å². The Hall–Kier alpha value is -1.37. The highest BCUT2D eigenvalue weighted by Crippen LogP contribution is 2.42. The second-order valence-corrected chi connectivity index (χ2v) is 11.4. The van der Waals surface area contributed by atoms with Crippen LogP contribution in [0.5, 0.6) is 0 Å². The standard InChI is InChI=1S/C25H34NOP/c27-28(24-15-3-1-4-16-24,25-17-5-2-6-18-25)26-23(19-21-11-7-8-12-21)20-22-13-9-10-14-22/h1-6,15-18,21-23H,7-14,19-20H2,(H,26,27). The lowest BCUT2D eigenvalue weighted by atomic mass is 9.91. The van der Waals surface area contributed by atoms with Crippen molar-refractivity contribution in [2.24, 2.45) is 11.8 Å². The zero-order valence-electron chi connectivity index (χ0n) is 16.9. The number of hydrogen-bond acceptors (Lipinski definition) is 1. The predicted molar refractivity (Wildman–Crippen MR) is 120 cm³/mol. The maximum Gasteiger partial charge on any atom is 0.204 e. The molecule has 0 aromatic heterocycles. The fourth-order valence-corrected chi connectivity index (χ4v) is 7.83. The van der Waals surface area contributed by atoms with E-state index in [1.165, 1.54) is 64.2 Å². The third-order valence-corrected chi connectivity index (χ3v) is 9.57. The van der Waals surface area contributed by atoms with E-state index in [9.17, 15) is 4.57 Å². The maximum absolute atomic E-state index is 14.5. The first-order valence-electron chi connectivity index (χ1n) is 11.2. The van der Waals surface area contributed by atoms with Gasteiger partial charge in [-0.1, -0.05) is 87.8 Å². The van der Waals surface area contributed by atoms with E-state index in [1.54, 1.807) is 0 Å². The highest BCUT2D eigenvalue weighted by molar-refractivity contribution is 7.76. The van der Waals surface area contributed by atoms with E-state index in [4.69, 9.17) is 0 Å². The normalized spacial score (nSPS) is 18.9. The topological polar surface area (TPSA) is 29.1 Å². The number of nitrogens with one attached hydrogen (secondary N) is 1. The molecule has 0 heterocycles. The van der Waals surface area contributed by atoms with E-state index in [1.807, 2.05) is 60.7 Å². The lowest BCUT2D eigenvalue weighted by Gasteiger charge is -2.30. The molecule has 0 amide bonds. The van der Waals surface area contributed by atoms with Gasteiger partial charge in [-0.25, -0.2) is 0 Å². The first-order chi connectivity index (χ1) is 13.7. The molecule has 0 unspecified atom stereocenters. The summed E-state index contributed by atoms with van der Waals surface area (Å²) < 4.78 is 14.5. The Morgan fingerprint density at radius 2 is 1.11 bits per heavy atom. The Balaban J connectivity index is 1.62. The lowest BCUT2D eigenvalue weighted by molar-refractivity contribution is 0.353. The SMILES string of the molecule is O=P(NC(CC1CCCC1)CC1CCCC1)(c1ccccc1)c1ccccc1. The minimum Gasteiger partial charge on any atom is -0.297 e. The molecule has 0 aliphatic heterocycles. The van der Waals surface area contributed by atoms with Gasteiger partial charge >= 0.3 is 0 Å². The minimum atomic E-state index is -2.84. The van der Waals surface area contributed by atoms with Gasteiger partial charge in [0, 0.05) is 16.7 Å². The van der Waals surface area contributed by atoms with E-state index in [0.717, 1.165) is 22.4 Å². The number of benzene rings is 2. The molecule has 0 radical (unpaired) electrons. The zero-order valence-corrected chi connectivity index (χ0v) is 17.8. The summed E-state index contributed by atoms with van der Waals surface area (Å²) in [6, 6.07) is 20.5. The van der Waals surface area contributed by atoms with Crippen LogP contribution in [0.15, 0.2) is 60.7 Å². The van der Waals surface area contributed by atoms with Crippen LogP contribution < -0.4 is 15.7 Å². The van der Waals surface area contributed by atoms with Gasteiger partial charge in [0.2, 0.25) is 7.29 Å². The Bertz CT molecular complexity index is 702. The van der Waals surface area contributed by atoms with Crippen LogP contribution in [0.25, 0.3) is 0 Å². The molecule has 2 saturated carbocycles. The summed E-state index contributed by atoms with van der Waals surface area (Å²) in [4.78, 5) is 0. The average Bonchev–Trinajstić information content (AvgIpc) is 3.43. The van der Waals surface area contributed by atoms with E-state index in [2.05, 4.69) is 5.09 Å². The fourth-order valence-electron chi connectivity index (χ4n) is 5.33. The van der Waals surface area contributed by atoms with Crippen molar-refractivity contribution in [2.75, 3.05) is 0 Å². The molecular weight excluding hydrogens is 361 g/mol. The quantitative estimate of drug-likeness (QED) is 0.553.